The van der Waals surface area contributed by atoms with Crippen molar-refractivity contribution in [2.45, 2.75) is 17.4 Å². The lowest BCUT2D eigenvalue weighted by Gasteiger charge is -2.04. The number of sulfonamides is 1. The van der Waals surface area contributed by atoms with Crippen molar-refractivity contribution in [3.05, 3.63) is 42.7 Å². The van der Waals surface area contributed by atoms with E-state index in [1.807, 2.05) is 4.72 Å². The molecule has 0 aromatic carbocycles. The number of hydrogen-bond acceptors (Lipinski definition) is 6. The minimum atomic E-state index is -3.96. The van der Waals surface area contributed by atoms with Crippen LogP contribution in [0.5, 0.6) is 0 Å². The highest BCUT2D eigenvalue weighted by molar-refractivity contribution is 7.90. The summed E-state index contributed by atoms with van der Waals surface area (Å²) in [5, 5.41) is -0.274. The Kier molecular flexibility index (Phi) is 3.01. The number of furan rings is 1. The summed E-state index contributed by atoms with van der Waals surface area (Å²) in [4.78, 5) is 19.3. The molecule has 0 unspecified atom stereocenters. The summed E-state index contributed by atoms with van der Waals surface area (Å²) in [5.41, 5.74) is 0. The molecule has 0 bridgehead atoms. The summed E-state index contributed by atoms with van der Waals surface area (Å²) in [6.07, 6.45) is 5.80. The summed E-state index contributed by atoms with van der Waals surface area (Å²) in [6.45, 7) is 0. The first-order valence-corrected chi connectivity index (χ1v) is 7.42. The quantitative estimate of drug-likeness (QED) is 0.889. The highest BCUT2D eigenvalue weighted by Gasteiger charge is 2.47. The van der Waals surface area contributed by atoms with Gasteiger partial charge in [-0.25, -0.2) is 9.71 Å². The molecular formula is C12H11N3O4S. The standard InChI is InChI=1S/C12H11N3O4S/c16-12(9-6-8(9)10-2-1-5-19-10)15-20(17,18)11-7-13-3-4-14-11/h1-5,7-9H,6H2,(H,15,16)/t8-,9-/m0/s1. The fraction of sp³-hybridized carbons (Fsp3) is 0.250. The smallest absolute Gasteiger partial charge is 0.283 e. The largest absolute Gasteiger partial charge is 0.469 e. The van der Waals surface area contributed by atoms with Crippen LogP contribution in [0.3, 0.4) is 0 Å². The highest BCUT2D eigenvalue weighted by atomic mass is 32.2. The van der Waals surface area contributed by atoms with E-state index >= 15 is 0 Å². The van der Waals surface area contributed by atoms with Gasteiger partial charge in [-0.1, -0.05) is 0 Å². The van der Waals surface area contributed by atoms with E-state index < -0.39 is 15.9 Å². The molecule has 1 amide bonds. The van der Waals surface area contributed by atoms with E-state index in [-0.39, 0.29) is 16.9 Å². The van der Waals surface area contributed by atoms with Gasteiger partial charge < -0.3 is 4.42 Å². The zero-order valence-corrected chi connectivity index (χ0v) is 11.1. The zero-order chi connectivity index (χ0) is 14.2. The summed E-state index contributed by atoms with van der Waals surface area (Å²) in [7, 11) is -3.96. The molecule has 1 N–H and O–H groups in total. The molecule has 0 aliphatic heterocycles. The van der Waals surface area contributed by atoms with Crippen molar-refractivity contribution in [3.8, 4) is 0 Å². The summed E-state index contributed by atoms with van der Waals surface area (Å²) < 4.78 is 31.0. The van der Waals surface area contributed by atoms with Gasteiger partial charge >= 0.3 is 0 Å². The average molecular weight is 293 g/mol. The SMILES string of the molecule is O=C(NS(=O)(=O)c1cnccn1)[C@H]1C[C@@H]1c1ccco1. The molecule has 3 rings (SSSR count). The van der Waals surface area contributed by atoms with Crippen LogP contribution in [0, 0.1) is 5.92 Å². The third-order valence-corrected chi connectivity index (χ3v) is 4.32. The van der Waals surface area contributed by atoms with E-state index in [4.69, 9.17) is 4.42 Å². The lowest BCUT2D eigenvalue weighted by atomic mass is 10.2. The van der Waals surface area contributed by atoms with Gasteiger partial charge in [-0.2, -0.15) is 8.42 Å². The molecule has 104 valence electrons. The summed E-state index contributed by atoms with van der Waals surface area (Å²) in [6, 6.07) is 3.51. The maximum absolute atomic E-state index is 11.9. The van der Waals surface area contributed by atoms with Gasteiger partial charge in [-0.15, -0.1) is 0 Å². The van der Waals surface area contributed by atoms with Crippen LogP contribution >= 0.6 is 0 Å². The molecule has 2 aromatic heterocycles. The van der Waals surface area contributed by atoms with E-state index in [1.54, 1.807) is 12.1 Å². The van der Waals surface area contributed by atoms with Crippen LogP contribution in [0.1, 0.15) is 18.1 Å². The molecule has 0 saturated heterocycles. The van der Waals surface area contributed by atoms with Crippen molar-refractivity contribution >= 4 is 15.9 Å². The van der Waals surface area contributed by atoms with Crippen LogP contribution in [-0.2, 0) is 14.8 Å². The van der Waals surface area contributed by atoms with Crippen LogP contribution in [0.2, 0.25) is 0 Å². The van der Waals surface area contributed by atoms with Crippen molar-refractivity contribution in [1.82, 2.24) is 14.7 Å². The molecule has 2 aromatic rings. The van der Waals surface area contributed by atoms with E-state index in [9.17, 15) is 13.2 Å². The Labute approximate surface area is 115 Å². The van der Waals surface area contributed by atoms with Crippen molar-refractivity contribution in [1.29, 1.82) is 0 Å². The molecule has 1 saturated carbocycles. The molecular weight excluding hydrogens is 282 g/mol. The molecule has 20 heavy (non-hydrogen) atoms. The van der Waals surface area contributed by atoms with Gasteiger partial charge in [0.05, 0.1) is 12.5 Å². The van der Waals surface area contributed by atoms with E-state index in [2.05, 4.69) is 9.97 Å². The molecule has 0 spiro atoms. The maximum Gasteiger partial charge on any atom is 0.283 e. The highest BCUT2D eigenvalue weighted by Crippen LogP contribution is 2.47. The minimum Gasteiger partial charge on any atom is -0.469 e. The molecule has 0 radical (unpaired) electrons. The third-order valence-electron chi connectivity index (χ3n) is 3.09. The maximum atomic E-state index is 11.9. The van der Waals surface area contributed by atoms with Crippen LogP contribution < -0.4 is 4.72 Å². The van der Waals surface area contributed by atoms with Crippen LogP contribution in [-0.4, -0.2) is 24.3 Å². The molecule has 1 aliphatic rings. The van der Waals surface area contributed by atoms with Gasteiger partial charge in [0, 0.05) is 24.2 Å². The number of nitrogens with one attached hydrogen (secondary N) is 1. The predicted octanol–water partition coefficient (Wildman–Crippen LogP) is 0.678. The number of carbonyl (C=O) groups is 1. The third kappa shape index (κ3) is 2.42. The predicted molar refractivity (Wildman–Crippen MR) is 66.9 cm³/mol. The number of hydrogen-bond donors (Lipinski definition) is 1. The van der Waals surface area contributed by atoms with E-state index in [0.717, 1.165) is 6.20 Å². The number of carbonyl (C=O) groups excluding carboxylic acids is 1. The lowest BCUT2D eigenvalue weighted by molar-refractivity contribution is -0.120. The number of nitrogens with zero attached hydrogens (tertiary/aromatic N) is 2. The topological polar surface area (TPSA) is 102 Å². The first-order chi connectivity index (χ1) is 9.58. The second kappa shape index (κ2) is 4.71. The van der Waals surface area contributed by atoms with E-state index in [1.165, 1.54) is 18.7 Å². The number of rotatable bonds is 4. The van der Waals surface area contributed by atoms with Crippen molar-refractivity contribution in [2.75, 3.05) is 0 Å². The second-order valence-electron chi connectivity index (χ2n) is 4.48. The summed E-state index contributed by atoms with van der Waals surface area (Å²) in [5.74, 6) is -0.284. The summed E-state index contributed by atoms with van der Waals surface area (Å²) >= 11 is 0. The normalized spacial score (nSPS) is 21.4. The second-order valence-corrected chi connectivity index (χ2v) is 6.11. The molecule has 2 heterocycles. The van der Waals surface area contributed by atoms with Gasteiger partial charge in [-0.05, 0) is 18.6 Å². The van der Waals surface area contributed by atoms with Gasteiger partial charge in [-0.3, -0.25) is 9.78 Å². The van der Waals surface area contributed by atoms with Crippen LogP contribution in [0.25, 0.3) is 0 Å². The van der Waals surface area contributed by atoms with Crippen molar-refractivity contribution in [2.24, 2.45) is 5.92 Å². The van der Waals surface area contributed by atoms with Gasteiger partial charge in [0.25, 0.3) is 10.0 Å². The Morgan fingerprint density at radius 1 is 1.40 bits per heavy atom. The first kappa shape index (κ1) is 12.8. The van der Waals surface area contributed by atoms with Crippen LogP contribution in [0.15, 0.2) is 46.4 Å². The fourth-order valence-electron chi connectivity index (χ4n) is 1.99. The molecule has 1 aliphatic carbocycles. The fourth-order valence-corrected chi connectivity index (χ4v) is 2.91. The molecule has 2 atom stereocenters. The zero-order valence-electron chi connectivity index (χ0n) is 10.3. The Bertz CT molecular complexity index is 712. The monoisotopic (exact) mass is 293 g/mol. The van der Waals surface area contributed by atoms with Gasteiger partial charge in [0.1, 0.15) is 5.76 Å². The molecule has 7 nitrogen and oxygen atoms in total. The molecule has 1 fully saturated rings. The first-order valence-electron chi connectivity index (χ1n) is 5.94. The Morgan fingerprint density at radius 2 is 2.25 bits per heavy atom. The Balaban J connectivity index is 1.69. The number of aromatic nitrogens is 2. The molecule has 8 heteroatoms. The average Bonchev–Trinajstić information content (AvgIpc) is 3.06. The Hall–Kier alpha value is -2.22. The number of amides is 1. The Morgan fingerprint density at radius 3 is 2.90 bits per heavy atom. The van der Waals surface area contributed by atoms with Gasteiger partial charge in [0.15, 0.2) is 5.03 Å². The van der Waals surface area contributed by atoms with Crippen LogP contribution in [0.4, 0.5) is 0 Å². The minimum absolute atomic E-state index is 0.0537. The van der Waals surface area contributed by atoms with Crippen molar-refractivity contribution in [3.63, 3.8) is 0 Å². The van der Waals surface area contributed by atoms with E-state index in [0.29, 0.717) is 12.2 Å². The van der Waals surface area contributed by atoms with Gasteiger partial charge in [0.2, 0.25) is 5.91 Å². The van der Waals surface area contributed by atoms with Crippen molar-refractivity contribution < 1.29 is 17.6 Å². The lowest BCUT2D eigenvalue weighted by Crippen LogP contribution is -2.32.